The maximum absolute atomic E-state index is 13.0. The average molecular weight is 380 g/mol. The van der Waals surface area contributed by atoms with Crippen molar-refractivity contribution < 1.29 is 28.2 Å². The lowest BCUT2D eigenvalue weighted by Gasteiger charge is -2.21. The van der Waals surface area contributed by atoms with E-state index in [1.165, 1.54) is 24.3 Å². The smallest absolute Gasteiger partial charge is 0.333 e. The SMILES string of the molecule is O=C1C=C[C@]2(C[C@H](OC(=O)/C=C/c3ccc(F)cc3)[C@@H](c3ccccc3)O2)O1. The predicted molar refractivity (Wildman–Crippen MR) is 98.2 cm³/mol. The minimum atomic E-state index is -1.22. The number of halogens is 1. The summed E-state index contributed by atoms with van der Waals surface area (Å²) in [5, 5.41) is 0. The molecule has 0 aromatic heterocycles. The van der Waals surface area contributed by atoms with Crippen molar-refractivity contribution in [3.63, 3.8) is 0 Å². The van der Waals surface area contributed by atoms with Crippen LogP contribution in [0.1, 0.15) is 23.7 Å². The van der Waals surface area contributed by atoms with Gasteiger partial charge in [0.1, 0.15) is 18.0 Å². The van der Waals surface area contributed by atoms with Gasteiger partial charge in [0.15, 0.2) is 0 Å². The third-order valence-corrected chi connectivity index (χ3v) is 4.57. The second-order valence-electron chi connectivity index (χ2n) is 6.58. The molecule has 4 rings (SSSR count). The molecule has 28 heavy (non-hydrogen) atoms. The second-order valence-corrected chi connectivity index (χ2v) is 6.58. The molecule has 2 aliphatic heterocycles. The highest BCUT2D eigenvalue weighted by Crippen LogP contribution is 2.44. The van der Waals surface area contributed by atoms with E-state index in [1.807, 2.05) is 30.3 Å². The molecule has 0 unspecified atom stereocenters. The van der Waals surface area contributed by atoms with Crippen molar-refractivity contribution in [3.05, 3.63) is 89.8 Å². The van der Waals surface area contributed by atoms with Crippen LogP contribution >= 0.6 is 0 Å². The van der Waals surface area contributed by atoms with E-state index < -0.39 is 29.9 Å². The Balaban J connectivity index is 1.50. The highest BCUT2D eigenvalue weighted by Gasteiger charge is 2.52. The standard InChI is InChI=1S/C22H17FO5/c23-17-9-6-15(7-10-17)8-11-19(24)26-18-14-22(13-12-20(25)27-22)28-21(18)16-4-2-1-3-5-16/h1-13,18,21H,14H2/b11-8+/t18-,21+,22-/m0/s1. The summed E-state index contributed by atoms with van der Waals surface area (Å²) < 4.78 is 29.8. The number of rotatable bonds is 4. The number of carbonyl (C=O) groups excluding carboxylic acids is 2. The van der Waals surface area contributed by atoms with Crippen molar-refractivity contribution >= 4 is 18.0 Å². The second kappa shape index (κ2) is 7.40. The minimum Gasteiger partial charge on any atom is -0.456 e. The molecule has 6 heteroatoms. The zero-order chi connectivity index (χ0) is 19.6. The largest absolute Gasteiger partial charge is 0.456 e. The van der Waals surface area contributed by atoms with Gasteiger partial charge < -0.3 is 14.2 Å². The van der Waals surface area contributed by atoms with Crippen LogP contribution in [0.3, 0.4) is 0 Å². The van der Waals surface area contributed by atoms with Crippen molar-refractivity contribution in [2.75, 3.05) is 0 Å². The van der Waals surface area contributed by atoms with Gasteiger partial charge in [0.05, 0.1) is 6.42 Å². The zero-order valence-corrected chi connectivity index (χ0v) is 14.8. The normalized spacial score (nSPS) is 26.1. The molecule has 2 aliphatic rings. The van der Waals surface area contributed by atoms with E-state index in [0.717, 1.165) is 5.56 Å². The van der Waals surface area contributed by atoms with Gasteiger partial charge >= 0.3 is 11.9 Å². The molecule has 0 saturated carbocycles. The van der Waals surface area contributed by atoms with Gasteiger partial charge in [-0.05, 0) is 35.4 Å². The molecule has 0 bridgehead atoms. The Hall–Kier alpha value is -3.25. The van der Waals surface area contributed by atoms with E-state index in [4.69, 9.17) is 14.2 Å². The van der Waals surface area contributed by atoms with Gasteiger partial charge in [0, 0.05) is 12.2 Å². The molecule has 1 fully saturated rings. The van der Waals surface area contributed by atoms with Crippen molar-refractivity contribution in [2.45, 2.75) is 24.4 Å². The summed E-state index contributed by atoms with van der Waals surface area (Å²) in [6.07, 6.45) is 4.67. The van der Waals surface area contributed by atoms with Crippen LogP contribution in [0.5, 0.6) is 0 Å². The first kappa shape index (κ1) is 18.1. The summed E-state index contributed by atoms with van der Waals surface area (Å²) in [5.74, 6) is -2.62. The Kier molecular flexibility index (Phi) is 4.79. The maximum atomic E-state index is 13.0. The van der Waals surface area contributed by atoms with E-state index in [-0.39, 0.29) is 12.2 Å². The molecule has 0 aliphatic carbocycles. The molecule has 2 aromatic carbocycles. The Morgan fingerprint density at radius 1 is 1.14 bits per heavy atom. The first-order valence-corrected chi connectivity index (χ1v) is 8.82. The number of esters is 2. The van der Waals surface area contributed by atoms with Crippen LogP contribution < -0.4 is 0 Å². The number of hydrogen-bond acceptors (Lipinski definition) is 5. The predicted octanol–water partition coefficient (Wildman–Crippen LogP) is 3.72. The van der Waals surface area contributed by atoms with E-state index in [0.29, 0.717) is 5.56 Å². The third-order valence-electron chi connectivity index (χ3n) is 4.57. The molecule has 0 radical (unpaired) electrons. The van der Waals surface area contributed by atoms with Crippen molar-refractivity contribution in [2.24, 2.45) is 0 Å². The fraction of sp³-hybridized carbons (Fsp3) is 0.182. The summed E-state index contributed by atoms with van der Waals surface area (Å²) >= 11 is 0. The number of benzene rings is 2. The van der Waals surface area contributed by atoms with Gasteiger partial charge in [-0.1, -0.05) is 42.5 Å². The molecular formula is C22H17FO5. The molecule has 0 N–H and O–H groups in total. The van der Waals surface area contributed by atoms with Gasteiger partial charge in [-0.25, -0.2) is 14.0 Å². The molecule has 1 spiro atoms. The molecular weight excluding hydrogens is 363 g/mol. The van der Waals surface area contributed by atoms with Gasteiger partial charge in [-0.2, -0.15) is 0 Å². The Morgan fingerprint density at radius 3 is 2.57 bits per heavy atom. The maximum Gasteiger partial charge on any atom is 0.333 e. The van der Waals surface area contributed by atoms with Crippen LogP contribution in [0, 0.1) is 5.82 Å². The molecule has 0 amide bonds. The lowest BCUT2D eigenvalue weighted by atomic mass is 10.0. The summed E-state index contributed by atoms with van der Waals surface area (Å²) in [5.41, 5.74) is 1.49. The Bertz CT molecular complexity index is 935. The van der Waals surface area contributed by atoms with Gasteiger partial charge in [0.2, 0.25) is 5.79 Å². The topological polar surface area (TPSA) is 61.8 Å². The monoisotopic (exact) mass is 380 g/mol. The Labute approximate surface area is 161 Å². The van der Waals surface area contributed by atoms with Crippen LogP contribution in [0.25, 0.3) is 6.08 Å². The first-order chi connectivity index (χ1) is 13.5. The Morgan fingerprint density at radius 2 is 1.89 bits per heavy atom. The van der Waals surface area contributed by atoms with Crippen LogP contribution in [-0.4, -0.2) is 23.8 Å². The van der Waals surface area contributed by atoms with Crippen LogP contribution in [0.4, 0.5) is 4.39 Å². The highest BCUT2D eigenvalue weighted by molar-refractivity contribution is 5.87. The molecule has 1 saturated heterocycles. The summed E-state index contributed by atoms with van der Waals surface area (Å²) in [4.78, 5) is 23.8. The molecule has 2 aromatic rings. The van der Waals surface area contributed by atoms with E-state index >= 15 is 0 Å². The van der Waals surface area contributed by atoms with E-state index in [9.17, 15) is 14.0 Å². The number of ether oxygens (including phenoxy) is 3. The summed E-state index contributed by atoms with van der Waals surface area (Å²) in [6, 6.07) is 15.0. The lowest BCUT2D eigenvalue weighted by molar-refractivity contribution is -0.193. The van der Waals surface area contributed by atoms with E-state index in [2.05, 4.69) is 0 Å². The number of carbonyl (C=O) groups is 2. The van der Waals surface area contributed by atoms with Crippen molar-refractivity contribution in [3.8, 4) is 0 Å². The van der Waals surface area contributed by atoms with Gasteiger partial charge in [-0.3, -0.25) is 0 Å². The van der Waals surface area contributed by atoms with Crippen LogP contribution in [-0.2, 0) is 23.8 Å². The quantitative estimate of drug-likeness (QED) is 0.598. The average Bonchev–Trinajstić information content (AvgIpc) is 3.24. The fourth-order valence-corrected chi connectivity index (χ4v) is 3.29. The molecule has 2 heterocycles. The van der Waals surface area contributed by atoms with Crippen LogP contribution in [0.2, 0.25) is 0 Å². The minimum absolute atomic E-state index is 0.199. The van der Waals surface area contributed by atoms with E-state index in [1.54, 1.807) is 24.3 Å². The third kappa shape index (κ3) is 3.87. The van der Waals surface area contributed by atoms with Crippen molar-refractivity contribution in [1.82, 2.24) is 0 Å². The van der Waals surface area contributed by atoms with Gasteiger partial charge in [0.25, 0.3) is 0 Å². The summed E-state index contributed by atoms with van der Waals surface area (Å²) in [6.45, 7) is 0. The highest BCUT2D eigenvalue weighted by atomic mass is 19.1. The molecule has 5 nitrogen and oxygen atoms in total. The van der Waals surface area contributed by atoms with Gasteiger partial charge in [-0.15, -0.1) is 0 Å². The summed E-state index contributed by atoms with van der Waals surface area (Å²) in [7, 11) is 0. The van der Waals surface area contributed by atoms with Crippen molar-refractivity contribution in [1.29, 1.82) is 0 Å². The van der Waals surface area contributed by atoms with Crippen LogP contribution in [0.15, 0.2) is 72.8 Å². The lowest BCUT2D eigenvalue weighted by Crippen LogP contribution is -2.27. The fourth-order valence-electron chi connectivity index (χ4n) is 3.29. The number of hydrogen-bond donors (Lipinski definition) is 0. The zero-order valence-electron chi connectivity index (χ0n) is 14.8. The molecule has 3 atom stereocenters. The molecule has 142 valence electrons. The first-order valence-electron chi connectivity index (χ1n) is 8.82.